The Morgan fingerprint density at radius 1 is 1.19 bits per heavy atom. The second-order valence-corrected chi connectivity index (χ2v) is 6.74. The van der Waals surface area contributed by atoms with E-state index in [1.165, 1.54) is 11.3 Å². The van der Waals surface area contributed by atoms with Crippen LogP contribution in [0.2, 0.25) is 0 Å². The van der Waals surface area contributed by atoms with Gasteiger partial charge in [-0.3, -0.25) is 0 Å². The maximum absolute atomic E-state index is 11.2. The summed E-state index contributed by atoms with van der Waals surface area (Å²) in [6.45, 7) is 7.65. The van der Waals surface area contributed by atoms with Crippen LogP contribution in [0.25, 0.3) is 21.3 Å². The predicted molar refractivity (Wildman–Crippen MR) is 105 cm³/mol. The van der Waals surface area contributed by atoms with Gasteiger partial charge in [-0.25, -0.2) is 9.78 Å². The number of ether oxygens (including phenoxy) is 1. The summed E-state index contributed by atoms with van der Waals surface area (Å²) in [7, 11) is 0. The van der Waals surface area contributed by atoms with E-state index in [4.69, 9.17) is 4.74 Å². The molecule has 0 aliphatic carbocycles. The summed E-state index contributed by atoms with van der Waals surface area (Å²) in [6, 6.07) is 12.0. The minimum atomic E-state index is -1.02. The van der Waals surface area contributed by atoms with Crippen molar-refractivity contribution in [3.8, 4) is 16.3 Å². The number of thiazole rings is 1. The van der Waals surface area contributed by atoms with Gasteiger partial charge in [0.15, 0.2) is 5.69 Å². The third kappa shape index (κ3) is 3.86. The van der Waals surface area contributed by atoms with Crippen LogP contribution in [0.5, 0.6) is 5.75 Å². The number of aromatic carboxylic acids is 1. The van der Waals surface area contributed by atoms with Crippen LogP contribution < -0.4 is 4.74 Å². The molecule has 0 amide bonds. The van der Waals surface area contributed by atoms with Crippen LogP contribution >= 0.6 is 11.3 Å². The Balaban J connectivity index is 1.98. The zero-order valence-corrected chi connectivity index (χ0v) is 15.8. The first-order chi connectivity index (χ1) is 12.6. The van der Waals surface area contributed by atoms with E-state index in [1.54, 1.807) is 5.38 Å². The lowest BCUT2D eigenvalue weighted by atomic mass is 10.0. The number of fused-ring (bicyclic) bond motifs is 1. The molecule has 5 nitrogen and oxygen atoms in total. The lowest BCUT2D eigenvalue weighted by Crippen LogP contribution is -2.27. The van der Waals surface area contributed by atoms with Gasteiger partial charge in [0.25, 0.3) is 0 Å². The van der Waals surface area contributed by atoms with Crippen LogP contribution in [0.15, 0.2) is 41.8 Å². The molecule has 0 bridgehead atoms. The van der Waals surface area contributed by atoms with Gasteiger partial charge >= 0.3 is 5.97 Å². The highest BCUT2D eigenvalue weighted by atomic mass is 32.1. The molecule has 0 atom stereocenters. The number of hydrogen-bond donors (Lipinski definition) is 1. The Kier molecular flexibility index (Phi) is 5.85. The van der Waals surface area contributed by atoms with E-state index in [-0.39, 0.29) is 5.69 Å². The molecule has 0 spiro atoms. The van der Waals surface area contributed by atoms with E-state index < -0.39 is 5.97 Å². The Bertz CT molecular complexity index is 903. The third-order valence-corrected chi connectivity index (χ3v) is 5.25. The monoisotopic (exact) mass is 370 g/mol. The van der Waals surface area contributed by atoms with E-state index in [0.29, 0.717) is 11.6 Å². The maximum atomic E-state index is 11.2. The summed E-state index contributed by atoms with van der Waals surface area (Å²) < 4.78 is 6.08. The first-order valence-electron chi connectivity index (χ1n) is 8.70. The molecule has 0 aliphatic rings. The summed E-state index contributed by atoms with van der Waals surface area (Å²) in [6.07, 6.45) is 0. The highest BCUT2D eigenvalue weighted by molar-refractivity contribution is 7.13. The van der Waals surface area contributed by atoms with Crippen LogP contribution in [-0.2, 0) is 0 Å². The predicted octanol–water partition coefficient (Wildman–Crippen LogP) is 4.38. The SMILES string of the molecule is CCN(CC)CCOc1ccc2ccccc2c1-c1nc(C(=O)O)cs1. The topological polar surface area (TPSA) is 62.7 Å². The fourth-order valence-corrected chi connectivity index (χ4v) is 3.76. The number of hydrogen-bond acceptors (Lipinski definition) is 5. The first-order valence-corrected chi connectivity index (χ1v) is 9.58. The smallest absolute Gasteiger partial charge is 0.355 e. The standard InChI is InChI=1S/C20H22N2O3S/c1-3-22(4-2)11-12-25-17-10-9-14-7-5-6-8-15(14)18(17)19-21-16(13-26-19)20(23)24/h5-10,13H,3-4,11-12H2,1-2H3,(H,23,24). The van der Waals surface area contributed by atoms with Crippen molar-refractivity contribution < 1.29 is 14.6 Å². The van der Waals surface area contributed by atoms with Crippen LogP contribution in [0.4, 0.5) is 0 Å². The molecule has 6 heteroatoms. The summed E-state index contributed by atoms with van der Waals surface area (Å²) in [5.74, 6) is -0.279. The first kappa shape index (κ1) is 18.4. The van der Waals surface area contributed by atoms with E-state index in [2.05, 4.69) is 23.7 Å². The van der Waals surface area contributed by atoms with Crippen molar-refractivity contribution in [2.45, 2.75) is 13.8 Å². The van der Waals surface area contributed by atoms with Crippen molar-refractivity contribution in [3.05, 3.63) is 47.5 Å². The Morgan fingerprint density at radius 2 is 1.96 bits per heavy atom. The lowest BCUT2D eigenvalue weighted by molar-refractivity contribution is 0.0691. The normalized spacial score (nSPS) is 11.2. The number of rotatable bonds is 8. The fraction of sp³-hybridized carbons (Fsp3) is 0.300. The number of carbonyl (C=O) groups is 1. The van der Waals surface area contributed by atoms with Crippen LogP contribution in [0.1, 0.15) is 24.3 Å². The molecule has 1 heterocycles. The van der Waals surface area contributed by atoms with Gasteiger partial charge in [-0.2, -0.15) is 0 Å². The molecule has 0 unspecified atom stereocenters. The lowest BCUT2D eigenvalue weighted by Gasteiger charge is -2.19. The molecule has 136 valence electrons. The molecule has 0 saturated heterocycles. The molecule has 0 saturated carbocycles. The molecule has 26 heavy (non-hydrogen) atoms. The Labute approximate surface area is 156 Å². The van der Waals surface area contributed by atoms with Crippen molar-refractivity contribution >= 4 is 28.1 Å². The van der Waals surface area contributed by atoms with Gasteiger partial charge in [-0.05, 0) is 29.9 Å². The van der Waals surface area contributed by atoms with Crippen LogP contribution in [0.3, 0.4) is 0 Å². The summed E-state index contributed by atoms with van der Waals surface area (Å²) in [5.41, 5.74) is 0.923. The van der Waals surface area contributed by atoms with Crippen LogP contribution in [0, 0.1) is 0 Å². The Hall–Kier alpha value is -2.44. The molecule has 1 N–H and O–H groups in total. The van der Waals surface area contributed by atoms with Crippen LogP contribution in [-0.4, -0.2) is 47.2 Å². The van der Waals surface area contributed by atoms with E-state index >= 15 is 0 Å². The molecular weight excluding hydrogens is 348 g/mol. The molecule has 1 aromatic heterocycles. The number of carboxylic acids is 1. The molecule has 3 aromatic rings. The zero-order chi connectivity index (χ0) is 18.5. The quantitative estimate of drug-likeness (QED) is 0.637. The molecule has 0 radical (unpaired) electrons. The van der Waals surface area contributed by atoms with E-state index in [1.807, 2.05) is 36.4 Å². The Morgan fingerprint density at radius 3 is 2.65 bits per heavy atom. The average molecular weight is 370 g/mol. The fourth-order valence-electron chi connectivity index (χ4n) is 2.90. The van der Waals surface area contributed by atoms with Gasteiger partial charge in [-0.1, -0.05) is 44.2 Å². The highest BCUT2D eigenvalue weighted by Gasteiger charge is 2.17. The summed E-state index contributed by atoms with van der Waals surface area (Å²) >= 11 is 1.33. The van der Waals surface area contributed by atoms with Crippen molar-refractivity contribution in [2.75, 3.05) is 26.2 Å². The van der Waals surface area contributed by atoms with E-state index in [0.717, 1.165) is 41.7 Å². The van der Waals surface area contributed by atoms with Crippen molar-refractivity contribution in [1.82, 2.24) is 9.88 Å². The van der Waals surface area contributed by atoms with Gasteiger partial charge in [0.05, 0.1) is 5.56 Å². The van der Waals surface area contributed by atoms with Gasteiger partial charge in [-0.15, -0.1) is 11.3 Å². The van der Waals surface area contributed by atoms with Gasteiger partial charge < -0.3 is 14.7 Å². The number of likely N-dealkylation sites (N-methyl/N-ethyl adjacent to an activating group) is 1. The summed E-state index contributed by atoms with van der Waals surface area (Å²) in [5, 5.41) is 13.5. The molecule has 0 fully saturated rings. The average Bonchev–Trinajstić information content (AvgIpc) is 3.15. The minimum absolute atomic E-state index is 0.0621. The van der Waals surface area contributed by atoms with Gasteiger partial charge in [0.1, 0.15) is 17.4 Å². The molecular formula is C20H22N2O3S. The zero-order valence-electron chi connectivity index (χ0n) is 14.9. The minimum Gasteiger partial charge on any atom is -0.491 e. The van der Waals surface area contributed by atoms with E-state index in [9.17, 15) is 9.90 Å². The number of carboxylic acid groups (broad SMARTS) is 1. The van der Waals surface area contributed by atoms with Crippen molar-refractivity contribution in [1.29, 1.82) is 0 Å². The maximum Gasteiger partial charge on any atom is 0.355 e. The summed E-state index contributed by atoms with van der Waals surface area (Å²) in [4.78, 5) is 17.8. The second kappa shape index (κ2) is 8.29. The van der Waals surface area contributed by atoms with Gasteiger partial charge in [0, 0.05) is 11.9 Å². The largest absolute Gasteiger partial charge is 0.491 e. The van der Waals surface area contributed by atoms with Gasteiger partial charge in [0.2, 0.25) is 0 Å². The molecule has 2 aromatic carbocycles. The molecule has 3 rings (SSSR count). The highest BCUT2D eigenvalue weighted by Crippen LogP contribution is 2.38. The number of benzene rings is 2. The third-order valence-electron chi connectivity index (χ3n) is 4.39. The second-order valence-electron chi connectivity index (χ2n) is 5.88. The van der Waals surface area contributed by atoms with Crippen molar-refractivity contribution in [2.24, 2.45) is 0 Å². The number of aromatic nitrogens is 1. The molecule has 0 aliphatic heterocycles. The number of nitrogens with zero attached hydrogens (tertiary/aromatic N) is 2. The van der Waals surface area contributed by atoms with Crippen molar-refractivity contribution in [3.63, 3.8) is 0 Å².